The monoisotopic (exact) mass is 218 g/mol. The molecule has 1 rings (SSSR count). The normalized spacial score (nSPS) is 10.1. The van der Waals surface area contributed by atoms with Gasteiger partial charge >= 0.3 is 0 Å². The molecular formula is C14H18O2. The summed E-state index contributed by atoms with van der Waals surface area (Å²) >= 11 is 0. The largest absolute Gasteiger partial charge is 0.291 e. The lowest BCUT2D eigenvalue weighted by molar-refractivity contribution is -0.113. The first-order valence-electron chi connectivity index (χ1n) is 5.79. The van der Waals surface area contributed by atoms with E-state index < -0.39 is 11.6 Å². The predicted molar refractivity (Wildman–Crippen MR) is 64.7 cm³/mol. The van der Waals surface area contributed by atoms with Gasteiger partial charge in [-0.05, 0) is 24.5 Å². The zero-order valence-corrected chi connectivity index (χ0v) is 9.95. The average molecular weight is 218 g/mol. The van der Waals surface area contributed by atoms with Gasteiger partial charge in [0.15, 0.2) is 5.78 Å². The lowest BCUT2D eigenvalue weighted by atomic mass is 10.0. The fraction of sp³-hybridized carbons (Fsp3) is 0.429. The Morgan fingerprint density at radius 1 is 1.19 bits per heavy atom. The van der Waals surface area contributed by atoms with Gasteiger partial charge in [0.2, 0.25) is 5.78 Å². The number of hydrogen-bond acceptors (Lipinski definition) is 2. The van der Waals surface area contributed by atoms with Crippen molar-refractivity contribution in [3.8, 4) is 0 Å². The number of aryl methyl sites for hydroxylation is 1. The summed E-state index contributed by atoms with van der Waals surface area (Å²) in [6.07, 6.45) is 4.50. The van der Waals surface area contributed by atoms with Crippen molar-refractivity contribution < 1.29 is 9.59 Å². The third-order valence-corrected chi connectivity index (χ3v) is 2.58. The smallest absolute Gasteiger partial charge is 0.228 e. The summed E-state index contributed by atoms with van der Waals surface area (Å²) in [5, 5.41) is 0. The first kappa shape index (κ1) is 12.6. The lowest BCUT2D eigenvalue weighted by Gasteiger charge is -2.03. The molecular weight excluding hydrogens is 200 g/mol. The molecule has 1 aromatic carbocycles. The summed E-state index contributed by atoms with van der Waals surface area (Å²) in [6.45, 7) is 3.47. The Hall–Kier alpha value is -1.44. The van der Waals surface area contributed by atoms with Crippen molar-refractivity contribution in [3.05, 3.63) is 35.4 Å². The van der Waals surface area contributed by atoms with Crippen molar-refractivity contribution in [2.45, 2.75) is 39.5 Å². The molecule has 0 spiro atoms. The molecule has 0 bridgehead atoms. The summed E-state index contributed by atoms with van der Waals surface area (Å²) in [5.41, 5.74) is 1.65. The molecule has 0 fully saturated rings. The minimum atomic E-state index is -0.397. The third kappa shape index (κ3) is 3.61. The zero-order valence-electron chi connectivity index (χ0n) is 9.95. The van der Waals surface area contributed by atoms with Gasteiger partial charge in [-0.25, -0.2) is 0 Å². The van der Waals surface area contributed by atoms with E-state index in [1.807, 2.05) is 18.2 Å². The Labute approximate surface area is 96.7 Å². The average Bonchev–Trinajstić information content (AvgIpc) is 2.29. The maximum Gasteiger partial charge on any atom is 0.228 e. The zero-order chi connectivity index (χ0) is 12.0. The molecule has 0 saturated carbocycles. The van der Waals surface area contributed by atoms with Gasteiger partial charge < -0.3 is 0 Å². The number of rotatable bonds is 6. The summed E-state index contributed by atoms with van der Waals surface area (Å²) in [4.78, 5) is 22.4. The number of Topliss-reactive ketones (excluding diaryl/α,β-unsaturated/α-hetero) is 2. The van der Waals surface area contributed by atoms with Crippen LogP contribution in [0.3, 0.4) is 0 Å². The number of carbonyl (C=O) groups excluding carboxylic acids is 2. The van der Waals surface area contributed by atoms with E-state index in [4.69, 9.17) is 0 Å². The van der Waals surface area contributed by atoms with E-state index in [2.05, 4.69) is 6.92 Å². The SMILES string of the molecule is CCCCCc1cccc(C(=O)C(C)=O)c1. The highest BCUT2D eigenvalue weighted by atomic mass is 16.2. The molecule has 1 aromatic rings. The molecule has 0 saturated heterocycles. The maximum absolute atomic E-state index is 11.5. The summed E-state index contributed by atoms with van der Waals surface area (Å²) in [6, 6.07) is 7.39. The lowest BCUT2D eigenvalue weighted by Crippen LogP contribution is -2.09. The van der Waals surface area contributed by atoms with Crippen molar-refractivity contribution in [1.29, 1.82) is 0 Å². The highest BCUT2D eigenvalue weighted by molar-refractivity contribution is 6.42. The molecule has 0 aliphatic rings. The van der Waals surface area contributed by atoms with E-state index >= 15 is 0 Å². The topological polar surface area (TPSA) is 34.1 Å². The van der Waals surface area contributed by atoms with Gasteiger partial charge in [-0.2, -0.15) is 0 Å². The molecule has 2 heteroatoms. The quantitative estimate of drug-likeness (QED) is 0.417. The van der Waals surface area contributed by atoms with E-state index in [9.17, 15) is 9.59 Å². The van der Waals surface area contributed by atoms with E-state index in [0.717, 1.165) is 18.4 Å². The molecule has 0 heterocycles. The van der Waals surface area contributed by atoms with Gasteiger partial charge in [0.25, 0.3) is 0 Å². The molecule has 0 N–H and O–H groups in total. The van der Waals surface area contributed by atoms with E-state index in [-0.39, 0.29) is 0 Å². The molecule has 0 amide bonds. The van der Waals surface area contributed by atoms with Crippen molar-refractivity contribution in [2.24, 2.45) is 0 Å². The molecule has 0 aromatic heterocycles. The van der Waals surface area contributed by atoms with Crippen molar-refractivity contribution in [3.63, 3.8) is 0 Å². The van der Waals surface area contributed by atoms with Crippen LogP contribution < -0.4 is 0 Å². The maximum atomic E-state index is 11.5. The Morgan fingerprint density at radius 3 is 2.56 bits per heavy atom. The molecule has 0 atom stereocenters. The van der Waals surface area contributed by atoms with Crippen LogP contribution in [0.4, 0.5) is 0 Å². The van der Waals surface area contributed by atoms with Gasteiger partial charge in [0.1, 0.15) is 0 Å². The predicted octanol–water partition coefficient (Wildman–Crippen LogP) is 3.19. The first-order valence-corrected chi connectivity index (χ1v) is 5.79. The van der Waals surface area contributed by atoms with Crippen LogP contribution in [-0.2, 0) is 11.2 Å². The minimum Gasteiger partial charge on any atom is -0.291 e. The Morgan fingerprint density at radius 2 is 1.94 bits per heavy atom. The second kappa shape index (κ2) is 6.21. The highest BCUT2D eigenvalue weighted by Crippen LogP contribution is 2.10. The van der Waals surface area contributed by atoms with E-state index in [1.54, 1.807) is 6.07 Å². The summed E-state index contributed by atoms with van der Waals surface area (Å²) in [5.74, 6) is -0.789. The highest BCUT2D eigenvalue weighted by Gasteiger charge is 2.10. The van der Waals surface area contributed by atoms with E-state index in [1.165, 1.54) is 19.8 Å². The van der Waals surface area contributed by atoms with Gasteiger partial charge in [-0.3, -0.25) is 9.59 Å². The van der Waals surface area contributed by atoms with Crippen molar-refractivity contribution in [2.75, 3.05) is 0 Å². The number of unbranched alkanes of at least 4 members (excludes halogenated alkanes) is 2. The van der Waals surface area contributed by atoms with Crippen LogP contribution in [0.5, 0.6) is 0 Å². The van der Waals surface area contributed by atoms with E-state index in [0.29, 0.717) is 5.56 Å². The second-order valence-electron chi connectivity index (χ2n) is 4.04. The third-order valence-electron chi connectivity index (χ3n) is 2.58. The number of benzene rings is 1. The first-order chi connectivity index (χ1) is 7.65. The number of ketones is 2. The standard InChI is InChI=1S/C14H18O2/c1-3-4-5-7-12-8-6-9-13(10-12)14(16)11(2)15/h6,8-10H,3-5,7H2,1-2H3. The number of hydrogen-bond donors (Lipinski definition) is 0. The summed E-state index contributed by atoms with van der Waals surface area (Å²) < 4.78 is 0. The van der Waals surface area contributed by atoms with Gasteiger partial charge in [-0.1, -0.05) is 38.0 Å². The molecule has 2 nitrogen and oxygen atoms in total. The Balaban J connectivity index is 2.71. The molecule has 0 unspecified atom stereocenters. The van der Waals surface area contributed by atoms with Crippen molar-refractivity contribution >= 4 is 11.6 Å². The Kier molecular flexibility index (Phi) is 4.90. The van der Waals surface area contributed by atoms with Gasteiger partial charge in [0.05, 0.1) is 0 Å². The second-order valence-corrected chi connectivity index (χ2v) is 4.04. The van der Waals surface area contributed by atoms with Crippen LogP contribution >= 0.6 is 0 Å². The molecule has 0 aliphatic heterocycles. The molecule has 86 valence electrons. The van der Waals surface area contributed by atoms with Crippen LogP contribution in [0.1, 0.15) is 49.0 Å². The molecule has 0 aliphatic carbocycles. The number of carbonyl (C=O) groups is 2. The van der Waals surface area contributed by atoms with Crippen molar-refractivity contribution in [1.82, 2.24) is 0 Å². The fourth-order valence-electron chi connectivity index (χ4n) is 1.65. The Bertz CT molecular complexity index is 380. The fourth-order valence-corrected chi connectivity index (χ4v) is 1.65. The minimum absolute atomic E-state index is 0.391. The van der Waals surface area contributed by atoms with Crippen LogP contribution in [0, 0.1) is 0 Å². The van der Waals surface area contributed by atoms with Gasteiger partial charge in [-0.15, -0.1) is 0 Å². The molecule has 0 radical (unpaired) electrons. The van der Waals surface area contributed by atoms with Crippen LogP contribution in [-0.4, -0.2) is 11.6 Å². The van der Waals surface area contributed by atoms with Crippen LogP contribution in [0.25, 0.3) is 0 Å². The van der Waals surface area contributed by atoms with Crippen LogP contribution in [0.15, 0.2) is 24.3 Å². The summed E-state index contributed by atoms with van der Waals surface area (Å²) in [7, 11) is 0. The van der Waals surface area contributed by atoms with Gasteiger partial charge in [0, 0.05) is 12.5 Å². The van der Waals surface area contributed by atoms with Crippen LogP contribution in [0.2, 0.25) is 0 Å². The molecule has 16 heavy (non-hydrogen) atoms.